The molecule has 2 aromatic carbocycles. The van der Waals surface area contributed by atoms with Gasteiger partial charge in [-0.3, -0.25) is 9.78 Å². The van der Waals surface area contributed by atoms with Gasteiger partial charge in [-0.25, -0.2) is 0 Å². The lowest BCUT2D eigenvalue weighted by molar-refractivity contribution is 0.102. The molecule has 0 saturated heterocycles. The van der Waals surface area contributed by atoms with Crippen molar-refractivity contribution in [1.82, 2.24) is 4.98 Å². The Morgan fingerprint density at radius 3 is 2.57 bits per heavy atom. The van der Waals surface area contributed by atoms with Crippen molar-refractivity contribution in [3.63, 3.8) is 0 Å². The Bertz CT molecular complexity index is 896. The largest absolute Gasteiger partial charge is 0.491 e. The molecule has 0 radical (unpaired) electrons. The number of ether oxygens (including phenoxy) is 1. The number of aromatic nitrogens is 1. The summed E-state index contributed by atoms with van der Waals surface area (Å²) >= 11 is 1.72. The molecule has 0 aliphatic heterocycles. The van der Waals surface area contributed by atoms with Crippen molar-refractivity contribution in [2.75, 3.05) is 11.9 Å². The van der Waals surface area contributed by atoms with E-state index in [2.05, 4.69) is 30.2 Å². The molecule has 4 nitrogen and oxygen atoms in total. The zero-order valence-corrected chi connectivity index (χ0v) is 16.9. The zero-order valence-electron chi connectivity index (χ0n) is 16.1. The number of carbonyl (C=O) groups is 1. The normalized spacial score (nSPS) is 10.7. The molecule has 28 heavy (non-hydrogen) atoms. The summed E-state index contributed by atoms with van der Waals surface area (Å²) < 4.78 is 5.81. The number of rotatable bonds is 8. The van der Waals surface area contributed by atoms with Gasteiger partial charge in [0.25, 0.3) is 5.91 Å². The second-order valence-corrected chi connectivity index (χ2v) is 7.88. The van der Waals surface area contributed by atoms with Crippen LogP contribution in [-0.2, 0) is 5.75 Å². The maximum atomic E-state index is 12.6. The number of carbonyl (C=O) groups excluding carboxylic acids is 1. The molecule has 0 saturated carbocycles. The predicted octanol–water partition coefficient (Wildman–Crippen LogP) is 5.66. The molecule has 0 aliphatic rings. The van der Waals surface area contributed by atoms with E-state index in [1.807, 2.05) is 60.8 Å². The third-order valence-electron chi connectivity index (χ3n) is 3.95. The van der Waals surface area contributed by atoms with Crippen LogP contribution in [0.25, 0.3) is 0 Å². The number of hydrogen-bond donors (Lipinski definition) is 1. The van der Waals surface area contributed by atoms with Crippen LogP contribution in [0.3, 0.4) is 0 Å². The first-order valence-electron chi connectivity index (χ1n) is 9.27. The number of anilines is 1. The van der Waals surface area contributed by atoms with E-state index in [0.29, 0.717) is 29.5 Å². The fraction of sp³-hybridized carbons (Fsp3) is 0.217. The molecule has 3 rings (SSSR count). The maximum absolute atomic E-state index is 12.6. The van der Waals surface area contributed by atoms with Gasteiger partial charge in [-0.05, 0) is 53.9 Å². The Morgan fingerprint density at radius 2 is 1.86 bits per heavy atom. The summed E-state index contributed by atoms with van der Waals surface area (Å²) in [5.74, 6) is 1.80. The van der Waals surface area contributed by atoms with Crippen LogP contribution in [0.2, 0.25) is 0 Å². The standard InChI is InChI=1S/C23H24N2O2S/c1-17(2)15-27-22-8-4-3-7-21(22)25-23(26)19-9-11-20(12-10-19)28-16-18-6-5-13-24-14-18/h3-14,17H,15-16H2,1-2H3,(H,25,26). The van der Waals surface area contributed by atoms with E-state index in [9.17, 15) is 4.79 Å². The smallest absolute Gasteiger partial charge is 0.255 e. The molecule has 0 spiro atoms. The molecule has 5 heteroatoms. The summed E-state index contributed by atoms with van der Waals surface area (Å²) in [6.07, 6.45) is 3.64. The number of hydrogen-bond acceptors (Lipinski definition) is 4. The number of nitrogens with zero attached hydrogens (tertiary/aromatic N) is 1. The Morgan fingerprint density at radius 1 is 1.07 bits per heavy atom. The summed E-state index contributed by atoms with van der Waals surface area (Å²) in [7, 11) is 0. The molecule has 1 N–H and O–H groups in total. The van der Waals surface area contributed by atoms with Crippen molar-refractivity contribution in [2.24, 2.45) is 5.92 Å². The summed E-state index contributed by atoms with van der Waals surface area (Å²) in [5.41, 5.74) is 2.47. The maximum Gasteiger partial charge on any atom is 0.255 e. The number of para-hydroxylation sites is 2. The summed E-state index contributed by atoms with van der Waals surface area (Å²) in [5, 5.41) is 2.95. The average Bonchev–Trinajstić information content (AvgIpc) is 2.72. The summed E-state index contributed by atoms with van der Waals surface area (Å²) in [6.45, 7) is 4.79. The van der Waals surface area contributed by atoms with Gasteiger partial charge in [0.15, 0.2) is 0 Å². The Labute approximate surface area is 170 Å². The number of pyridine rings is 1. The van der Waals surface area contributed by atoms with Crippen molar-refractivity contribution >= 4 is 23.4 Å². The quantitative estimate of drug-likeness (QED) is 0.503. The van der Waals surface area contributed by atoms with Crippen LogP contribution < -0.4 is 10.1 Å². The zero-order chi connectivity index (χ0) is 19.8. The van der Waals surface area contributed by atoms with Gasteiger partial charge in [0.2, 0.25) is 0 Å². The van der Waals surface area contributed by atoms with Gasteiger partial charge in [-0.2, -0.15) is 0 Å². The van der Waals surface area contributed by atoms with Crippen molar-refractivity contribution in [2.45, 2.75) is 24.5 Å². The highest BCUT2D eigenvalue weighted by molar-refractivity contribution is 7.98. The molecule has 3 aromatic rings. The first-order valence-corrected chi connectivity index (χ1v) is 10.3. The molecular weight excluding hydrogens is 368 g/mol. The highest BCUT2D eigenvalue weighted by atomic mass is 32.2. The third-order valence-corrected chi connectivity index (χ3v) is 5.04. The average molecular weight is 393 g/mol. The van der Waals surface area contributed by atoms with Gasteiger partial charge < -0.3 is 10.1 Å². The second-order valence-electron chi connectivity index (χ2n) is 6.83. The lowest BCUT2D eigenvalue weighted by Crippen LogP contribution is -2.13. The minimum absolute atomic E-state index is 0.149. The highest BCUT2D eigenvalue weighted by Gasteiger charge is 2.10. The summed E-state index contributed by atoms with van der Waals surface area (Å²) in [6, 6.07) is 19.1. The van der Waals surface area contributed by atoms with Crippen LogP contribution in [0, 0.1) is 5.92 Å². The van der Waals surface area contributed by atoms with Crippen LogP contribution in [0.1, 0.15) is 29.8 Å². The van der Waals surface area contributed by atoms with Crippen LogP contribution in [0.4, 0.5) is 5.69 Å². The predicted molar refractivity (Wildman–Crippen MR) is 115 cm³/mol. The van der Waals surface area contributed by atoms with E-state index < -0.39 is 0 Å². The molecule has 0 fully saturated rings. The van der Waals surface area contributed by atoms with Gasteiger partial charge >= 0.3 is 0 Å². The summed E-state index contributed by atoms with van der Waals surface area (Å²) in [4.78, 5) is 17.9. The molecule has 1 aromatic heterocycles. The van der Waals surface area contributed by atoms with Crippen LogP contribution in [-0.4, -0.2) is 17.5 Å². The monoisotopic (exact) mass is 392 g/mol. The minimum atomic E-state index is -0.149. The van der Waals surface area contributed by atoms with Crippen molar-refractivity contribution in [1.29, 1.82) is 0 Å². The van der Waals surface area contributed by atoms with Crippen molar-refractivity contribution in [3.8, 4) is 5.75 Å². The van der Waals surface area contributed by atoms with Gasteiger partial charge in [0.1, 0.15) is 5.75 Å². The van der Waals surface area contributed by atoms with E-state index in [-0.39, 0.29) is 5.91 Å². The Hall–Kier alpha value is -2.79. The second kappa shape index (κ2) is 9.95. The SMILES string of the molecule is CC(C)COc1ccccc1NC(=O)c1ccc(SCc2cccnc2)cc1. The van der Waals surface area contributed by atoms with Crippen LogP contribution in [0.5, 0.6) is 5.75 Å². The molecular formula is C23H24N2O2S. The molecule has 0 unspecified atom stereocenters. The molecule has 1 heterocycles. The third kappa shape index (κ3) is 5.86. The first-order chi connectivity index (χ1) is 13.6. The molecule has 144 valence electrons. The highest BCUT2D eigenvalue weighted by Crippen LogP contribution is 2.26. The van der Waals surface area contributed by atoms with Crippen LogP contribution >= 0.6 is 11.8 Å². The van der Waals surface area contributed by atoms with E-state index in [0.717, 1.165) is 10.6 Å². The fourth-order valence-corrected chi connectivity index (χ4v) is 3.33. The van der Waals surface area contributed by atoms with Crippen LogP contribution in [0.15, 0.2) is 78.0 Å². The van der Waals surface area contributed by atoms with Gasteiger partial charge in [0, 0.05) is 28.6 Å². The lowest BCUT2D eigenvalue weighted by Gasteiger charge is -2.14. The van der Waals surface area contributed by atoms with Crippen molar-refractivity contribution < 1.29 is 9.53 Å². The Kier molecular flexibility index (Phi) is 7.09. The van der Waals surface area contributed by atoms with E-state index in [1.54, 1.807) is 18.0 Å². The van der Waals surface area contributed by atoms with E-state index in [1.165, 1.54) is 5.56 Å². The van der Waals surface area contributed by atoms with E-state index in [4.69, 9.17) is 4.74 Å². The van der Waals surface area contributed by atoms with Gasteiger partial charge in [-0.15, -0.1) is 11.8 Å². The van der Waals surface area contributed by atoms with E-state index >= 15 is 0 Å². The number of benzene rings is 2. The van der Waals surface area contributed by atoms with Gasteiger partial charge in [0.05, 0.1) is 12.3 Å². The number of thioether (sulfide) groups is 1. The number of nitrogens with one attached hydrogen (secondary N) is 1. The Balaban J connectivity index is 1.60. The first kappa shape index (κ1) is 20.0. The topological polar surface area (TPSA) is 51.2 Å². The fourth-order valence-electron chi connectivity index (χ4n) is 2.50. The molecule has 0 bridgehead atoms. The lowest BCUT2D eigenvalue weighted by atomic mass is 10.2. The minimum Gasteiger partial charge on any atom is -0.491 e. The molecule has 1 amide bonds. The number of amides is 1. The molecule has 0 atom stereocenters. The van der Waals surface area contributed by atoms with Gasteiger partial charge in [-0.1, -0.05) is 32.0 Å². The molecule has 0 aliphatic carbocycles. The van der Waals surface area contributed by atoms with Crippen molar-refractivity contribution in [3.05, 3.63) is 84.2 Å².